The number of rotatable bonds is 3. The predicted molar refractivity (Wildman–Crippen MR) is 48.9 cm³/mol. The first-order valence-corrected chi connectivity index (χ1v) is 4.93. The summed E-state index contributed by atoms with van der Waals surface area (Å²) in [7, 11) is 0. The molecule has 0 aromatic carbocycles. The van der Waals surface area contributed by atoms with Crippen LogP contribution < -0.4 is 0 Å². The van der Waals surface area contributed by atoms with Crippen molar-refractivity contribution in [2.75, 3.05) is 19.6 Å². The molecule has 1 aliphatic rings. The summed E-state index contributed by atoms with van der Waals surface area (Å²) in [5.74, 6) is -1.13. The van der Waals surface area contributed by atoms with Gasteiger partial charge in [0.2, 0.25) is 0 Å². The molecule has 94 valence electrons. The summed E-state index contributed by atoms with van der Waals surface area (Å²) in [5.41, 5.74) is -1.35. The van der Waals surface area contributed by atoms with Crippen LogP contribution in [0.4, 0.5) is 13.2 Å². The molecule has 1 aliphatic heterocycles. The lowest BCUT2D eigenvalue weighted by Gasteiger charge is -2.37. The second-order valence-electron chi connectivity index (χ2n) is 4.19. The predicted octanol–water partition coefficient (Wildman–Crippen LogP) is 0.850. The van der Waals surface area contributed by atoms with Crippen molar-refractivity contribution in [3.05, 3.63) is 0 Å². The van der Waals surface area contributed by atoms with E-state index in [1.807, 2.05) is 0 Å². The number of piperidine rings is 1. The molecule has 2 N–H and O–H groups in total. The van der Waals surface area contributed by atoms with Gasteiger partial charge in [-0.25, -0.2) is 0 Å². The fourth-order valence-electron chi connectivity index (χ4n) is 1.84. The third-order valence-electron chi connectivity index (χ3n) is 2.67. The van der Waals surface area contributed by atoms with Gasteiger partial charge in [-0.05, 0) is 12.8 Å². The molecule has 0 radical (unpaired) electrons. The molecule has 16 heavy (non-hydrogen) atoms. The molecule has 7 heteroatoms. The number of carboxylic acids is 1. The first-order valence-electron chi connectivity index (χ1n) is 4.93. The van der Waals surface area contributed by atoms with Crippen LogP contribution in [0, 0.1) is 0 Å². The van der Waals surface area contributed by atoms with Crippen molar-refractivity contribution in [3.8, 4) is 0 Å². The molecule has 1 rings (SSSR count). The first kappa shape index (κ1) is 13.2. The number of aliphatic carboxylic acids is 1. The van der Waals surface area contributed by atoms with Crippen LogP contribution in [-0.2, 0) is 4.79 Å². The number of hydrogen-bond acceptors (Lipinski definition) is 3. The number of carbonyl (C=O) groups is 1. The summed E-state index contributed by atoms with van der Waals surface area (Å²) in [4.78, 5) is 11.6. The van der Waals surface area contributed by atoms with Crippen LogP contribution in [-0.4, -0.2) is 52.5 Å². The summed E-state index contributed by atoms with van der Waals surface area (Å²) in [5, 5.41) is 18.3. The van der Waals surface area contributed by atoms with Crippen LogP contribution in [0.5, 0.6) is 0 Å². The van der Waals surface area contributed by atoms with E-state index in [1.165, 1.54) is 4.90 Å². The Balaban J connectivity index is 2.41. The molecule has 0 amide bonds. The average Bonchev–Trinajstić information content (AvgIpc) is 2.05. The maximum Gasteiger partial charge on any atom is 0.401 e. The lowest BCUT2D eigenvalue weighted by Crippen LogP contribution is -2.48. The van der Waals surface area contributed by atoms with Gasteiger partial charge in [0.15, 0.2) is 0 Å². The highest BCUT2D eigenvalue weighted by Gasteiger charge is 2.38. The molecule has 0 unspecified atom stereocenters. The van der Waals surface area contributed by atoms with E-state index in [1.54, 1.807) is 0 Å². The largest absolute Gasteiger partial charge is 0.481 e. The van der Waals surface area contributed by atoms with E-state index in [9.17, 15) is 23.1 Å². The van der Waals surface area contributed by atoms with Gasteiger partial charge in [0, 0.05) is 13.1 Å². The third kappa shape index (κ3) is 4.36. The number of aliphatic hydroxyl groups is 1. The molecule has 0 bridgehead atoms. The van der Waals surface area contributed by atoms with E-state index in [-0.39, 0.29) is 25.9 Å². The summed E-state index contributed by atoms with van der Waals surface area (Å²) in [6.07, 6.45) is -4.53. The van der Waals surface area contributed by atoms with Crippen molar-refractivity contribution in [3.63, 3.8) is 0 Å². The molecule has 1 saturated heterocycles. The Hall–Kier alpha value is -0.820. The van der Waals surface area contributed by atoms with E-state index in [0.29, 0.717) is 0 Å². The van der Waals surface area contributed by atoms with Crippen molar-refractivity contribution in [1.29, 1.82) is 0 Å². The van der Waals surface area contributed by atoms with Crippen molar-refractivity contribution >= 4 is 5.97 Å². The molecule has 4 nitrogen and oxygen atoms in total. The zero-order valence-electron chi connectivity index (χ0n) is 8.63. The van der Waals surface area contributed by atoms with Crippen LogP contribution in [0.1, 0.15) is 19.3 Å². The molecule has 0 aliphatic carbocycles. The Morgan fingerprint density at radius 3 is 2.19 bits per heavy atom. The molecule has 1 heterocycles. The molecule has 0 aromatic rings. The van der Waals surface area contributed by atoms with Crippen LogP contribution in [0.15, 0.2) is 0 Å². The van der Waals surface area contributed by atoms with Crippen molar-refractivity contribution in [1.82, 2.24) is 4.90 Å². The standard InChI is InChI=1S/C9H14F3NO3/c10-9(11,12)6-13-3-1-8(16,2-4-13)5-7(14)15/h16H,1-6H2,(H,14,15). The first-order chi connectivity index (χ1) is 7.20. The highest BCUT2D eigenvalue weighted by molar-refractivity contribution is 5.68. The van der Waals surface area contributed by atoms with Crippen LogP contribution in [0.2, 0.25) is 0 Å². The minimum absolute atomic E-state index is 0.0649. The number of likely N-dealkylation sites (tertiary alicyclic amines) is 1. The van der Waals surface area contributed by atoms with E-state index >= 15 is 0 Å². The van der Waals surface area contributed by atoms with Gasteiger partial charge in [0.25, 0.3) is 0 Å². The number of nitrogens with zero attached hydrogens (tertiary/aromatic N) is 1. The molecule has 0 spiro atoms. The van der Waals surface area contributed by atoms with E-state index in [2.05, 4.69) is 0 Å². The topological polar surface area (TPSA) is 60.8 Å². The monoisotopic (exact) mass is 241 g/mol. The normalized spacial score (nSPS) is 22.0. The minimum atomic E-state index is -4.25. The van der Waals surface area contributed by atoms with E-state index in [0.717, 1.165) is 0 Å². The van der Waals surface area contributed by atoms with Gasteiger partial charge in [-0.1, -0.05) is 0 Å². The number of carboxylic acid groups (broad SMARTS) is 1. The fraction of sp³-hybridized carbons (Fsp3) is 0.889. The molecule has 0 aromatic heterocycles. The Labute approximate surface area is 90.7 Å². The van der Waals surface area contributed by atoms with E-state index in [4.69, 9.17) is 5.11 Å². The van der Waals surface area contributed by atoms with Gasteiger partial charge < -0.3 is 10.2 Å². The van der Waals surface area contributed by atoms with Crippen LogP contribution >= 0.6 is 0 Å². The van der Waals surface area contributed by atoms with Gasteiger partial charge >= 0.3 is 12.1 Å². The zero-order valence-corrected chi connectivity index (χ0v) is 8.63. The quantitative estimate of drug-likeness (QED) is 0.769. The van der Waals surface area contributed by atoms with E-state index < -0.39 is 30.7 Å². The summed E-state index contributed by atoms with van der Waals surface area (Å²) < 4.78 is 36.1. The Morgan fingerprint density at radius 2 is 1.81 bits per heavy atom. The highest BCUT2D eigenvalue weighted by Crippen LogP contribution is 2.27. The number of hydrogen-bond donors (Lipinski definition) is 2. The second-order valence-corrected chi connectivity index (χ2v) is 4.19. The molecule has 0 atom stereocenters. The Kier molecular flexibility index (Phi) is 3.80. The lowest BCUT2D eigenvalue weighted by molar-refractivity contribution is -0.159. The van der Waals surface area contributed by atoms with Gasteiger partial charge in [-0.2, -0.15) is 13.2 Å². The fourth-order valence-corrected chi connectivity index (χ4v) is 1.84. The van der Waals surface area contributed by atoms with Crippen LogP contribution in [0.3, 0.4) is 0 Å². The zero-order chi connectivity index (χ0) is 12.4. The maximum absolute atomic E-state index is 12.0. The lowest BCUT2D eigenvalue weighted by atomic mass is 9.88. The summed E-state index contributed by atoms with van der Waals surface area (Å²) in [6.45, 7) is -0.858. The molecule has 1 fully saturated rings. The van der Waals surface area contributed by atoms with Crippen molar-refractivity contribution < 1.29 is 28.2 Å². The number of alkyl halides is 3. The van der Waals surface area contributed by atoms with Gasteiger partial charge in [0.05, 0.1) is 18.6 Å². The smallest absolute Gasteiger partial charge is 0.401 e. The van der Waals surface area contributed by atoms with Crippen molar-refractivity contribution in [2.45, 2.75) is 31.0 Å². The maximum atomic E-state index is 12.0. The molecular formula is C9H14F3NO3. The van der Waals surface area contributed by atoms with Crippen molar-refractivity contribution in [2.24, 2.45) is 0 Å². The average molecular weight is 241 g/mol. The molecular weight excluding hydrogens is 227 g/mol. The third-order valence-corrected chi connectivity index (χ3v) is 2.67. The molecule has 0 saturated carbocycles. The SMILES string of the molecule is O=C(O)CC1(O)CCN(CC(F)(F)F)CC1. The van der Waals surface area contributed by atoms with Gasteiger partial charge in [-0.3, -0.25) is 9.69 Å². The summed E-state index contributed by atoms with van der Waals surface area (Å²) in [6, 6.07) is 0. The number of halogens is 3. The second kappa shape index (κ2) is 4.58. The summed E-state index contributed by atoms with van der Waals surface area (Å²) >= 11 is 0. The van der Waals surface area contributed by atoms with Gasteiger partial charge in [-0.15, -0.1) is 0 Å². The van der Waals surface area contributed by atoms with Crippen LogP contribution in [0.25, 0.3) is 0 Å². The Bertz CT molecular complexity index is 259. The Morgan fingerprint density at radius 1 is 1.31 bits per heavy atom. The minimum Gasteiger partial charge on any atom is -0.481 e. The van der Waals surface area contributed by atoms with Gasteiger partial charge in [0.1, 0.15) is 0 Å². The highest BCUT2D eigenvalue weighted by atomic mass is 19.4.